The Morgan fingerprint density at radius 1 is 1.47 bits per heavy atom. The van der Waals surface area contributed by atoms with E-state index in [4.69, 9.17) is 10.5 Å². The van der Waals surface area contributed by atoms with Crippen molar-refractivity contribution < 1.29 is 9.53 Å². The van der Waals surface area contributed by atoms with E-state index < -0.39 is 0 Å². The lowest BCUT2D eigenvalue weighted by Gasteiger charge is -2.09. The third-order valence-corrected chi connectivity index (χ3v) is 3.04. The maximum atomic E-state index is 11.5. The molecule has 0 saturated heterocycles. The van der Waals surface area contributed by atoms with Crippen molar-refractivity contribution in [2.75, 3.05) is 13.7 Å². The number of amides is 1. The Labute approximate surface area is 115 Å². The van der Waals surface area contributed by atoms with Gasteiger partial charge in [-0.05, 0) is 43.9 Å². The van der Waals surface area contributed by atoms with Crippen LogP contribution in [0.5, 0.6) is 5.75 Å². The number of ether oxygens (including phenoxy) is 1. The molecular formula is C15H24N2O2. The van der Waals surface area contributed by atoms with E-state index in [1.807, 2.05) is 26.0 Å². The van der Waals surface area contributed by atoms with E-state index in [9.17, 15) is 4.79 Å². The van der Waals surface area contributed by atoms with E-state index in [0.29, 0.717) is 13.0 Å². The van der Waals surface area contributed by atoms with Crippen LogP contribution in [0.4, 0.5) is 0 Å². The van der Waals surface area contributed by atoms with Gasteiger partial charge >= 0.3 is 0 Å². The summed E-state index contributed by atoms with van der Waals surface area (Å²) in [5.74, 6) is 0.956. The van der Waals surface area contributed by atoms with Crippen molar-refractivity contribution in [2.24, 2.45) is 5.73 Å². The second kappa shape index (κ2) is 7.79. The lowest BCUT2D eigenvalue weighted by atomic mass is 10.1. The van der Waals surface area contributed by atoms with Gasteiger partial charge in [0.05, 0.1) is 7.11 Å². The van der Waals surface area contributed by atoms with Gasteiger partial charge in [0.15, 0.2) is 0 Å². The van der Waals surface area contributed by atoms with Gasteiger partial charge in [0.25, 0.3) is 0 Å². The molecule has 0 aliphatic heterocycles. The molecule has 4 heteroatoms. The monoisotopic (exact) mass is 264 g/mol. The number of benzene rings is 1. The molecule has 1 aromatic rings. The summed E-state index contributed by atoms with van der Waals surface area (Å²) >= 11 is 0. The number of aryl methyl sites for hydroxylation is 1. The zero-order chi connectivity index (χ0) is 14.3. The lowest BCUT2D eigenvalue weighted by molar-refractivity contribution is -0.121. The Kier molecular flexibility index (Phi) is 6.36. The zero-order valence-corrected chi connectivity index (χ0v) is 12.0. The van der Waals surface area contributed by atoms with Crippen LogP contribution >= 0.6 is 0 Å². The van der Waals surface area contributed by atoms with E-state index in [1.165, 1.54) is 0 Å². The molecule has 1 atom stereocenters. The predicted molar refractivity (Wildman–Crippen MR) is 77.3 cm³/mol. The van der Waals surface area contributed by atoms with Crippen LogP contribution in [0.1, 0.15) is 30.9 Å². The summed E-state index contributed by atoms with van der Waals surface area (Å²) in [5.41, 5.74) is 7.89. The summed E-state index contributed by atoms with van der Waals surface area (Å²) in [4.78, 5) is 11.5. The highest BCUT2D eigenvalue weighted by Gasteiger charge is 2.04. The molecule has 4 nitrogen and oxygen atoms in total. The molecule has 19 heavy (non-hydrogen) atoms. The van der Waals surface area contributed by atoms with Gasteiger partial charge in [-0.1, -0.05) is 12.1 Å². The summed E-state index contributed by atoms with van der Waals surface area (Å²) in [7, 11) is 1.67. The summed E-state index contributed by atoms with van der Waals surface area (Å²) in [6, 6.07) is 6.19. The zero-order valence-electron chi connectivity index (χ0n) is 12.0. The number of methoxy groups -OCH3 is 1. The van der Waals surface area contributed by atoms with E-state index >= 15 is 0 Å². The Morgan fingerprint density at radius 3 is 2.84 bits per heavy atom. The van der Waals surface area contributed by atoms with E-state index in [-0.39, 0.29) is 11.9 Å². The van der Waals surface area contributed by atoms with Crippen LogP contribution in [-0.2, 0) is 11.2 Å². The standard InChI is InChI=1S/C15H24N2O2/c1-11-4-6-13(10-14(11)19-3)8-9-17-15(18)7-5-12(2)16/h4,6,10,12H,5,7-9,16H2,1-3H3,(H,17,18). The number of nitrogens with two attached hydrogens (primary N) is 1. The predicted octanol–water partition coefficient (Wildman–Crippen LogP) is 1.79. The van der Waals surface area contributed by atoms with Gasteiger partial charge in [-0.25, -0.2) is 0 Å². The normalized spacial score (nSPS) is 12.0. The first kappa shape index (κ1) is 15.5. The largest absolute Gasteiger partial charge is 0.496 e. The minimum atomic E-state index is 0.0661. The van der Waals surface area contributed by atoms with E-state index in [2.05, 4.69) is 11.4 Å². The highest BCUT2D eigenvalue weighted by Crippen LogP contribution is 2.18. The fraction of sp³-hybridized carbons (Fsp3) is 0.533. The Bertz CT molecular complexity index is 417. The Hall–Kier alpha value is -1.55. The first-order chi connectivity index (χ1) is 9.02. The molecule has 0 radical (unpaired) electrons. The number of rotatable bonds is 7. The fourth-order valence-electron chi connectivity index (χ4n) is 1.81. The fourth-order valence-corrected chi connectivity index (χ4v) is 1.81. The van der Waals surface area contributed by atoms with Crippen LogP contribution in [-0.4, -0.2) is 25.6 Å². The molecule has 0 bridgehead atoms. The minimum absolute atomic E-state index is 0.0661. The molecule has 0 heterocycles. The molecule has 0 spiro atoms. The molecule has 0 aromatic heterocycles. The number of hydrogen-bond donors (Lipinski definition) is 2. The SMILES string of the molecule is COc1cc(CCNC(=O)CCC(C)N)ccc1C. The molecule has 0 saturated carbocycles. The topological polar surface area (TPSA) is 64.3 Å². The molecule has 3 N–H and O–H groups in total. The van der Waals surface area contributed by atoms with Crippen LogP contribution in [0.15, 0.2) is 18.2 Å². The molecule has 0 aliphatic rings. The highest BCUT2D eigenvalue weighted by molar-refractivity contribution is 5.75. The van der Waals surface area contributed by atoms with Gasteiger partial charge in [-0.15, -0.1) is 0 Å². The minimum Gasteiger partial charge on any atom is -0.496 e. The number of hydrogen-bond acceptors (Lipinski definition) is 3. The third kappa shape index (κ3) is 5.75. The van der Waals surface area contributed by atoms with Gasteiger partial charge in [0.2, 0.25) is 5.91 Å². The van der Waals surface area contributed by atoms with Crippen LogP contribution in [0.3, 0.4) is 0 Å². The first-order valence-corrected chi connectivity index (χ1v) is 6.68. The van der Waals surface area contributed by atoms with Gasteiger partial charge in [0.1, 0.15) is 5.75 Å². The summed E-state index contributed by atoms with van der Waals surface area (Å²) in [5, 5.41) is 2.90. The lowest BCUT2D eigenvalue weighted by Crippen LogP contribution is -2.27. The van der Waals surface area contributed by atoms with Gasteiger partial charge in [-0.3, -0.25) is 4.79 Å². The highest BCUT2D eigenvalue weighted by atomic mass is 16.5. The van der Waals surface area contributed by atoms with Crippen molar-refractivity contribution in [1.82, 2.24) is 5.32 Å². The van der Waals surface area contributed by atoms with Crippen LogP contribution < -0.4 is 15.8 Å². The van der Waals surface area contributed by atoms with Crippen molar-refractivity contribution in [2.45, 2.75) is 39.2 Å². The third-order valence-electron chi connectivity index (χ3n) is 3.04. The molecule has 106 valence electrons. The second-order valence-corrected chi connectivity index (χ2v) is 4.92. The van der Waals surface area contributed by atoms with Crippen molar-refractivity contribution in [3.05, 3.63) is 29.3 Å². The number of carbonyl (C=O) groups is 1. The Morgan fingerprint density at radius 2 is 2.21 bits per heavy atom. The molecule has 1 unspecified atom stereocenters. The van der Waals surface area contributed by atoms with Crippen molar-refractivity contribution >= 4 is 5.91 Å². The van der Waals surface area contributed by atoms with E-state index in [0.717, 1.165) is 29.7 Å². The average Bonchev–Trinajstić information content (AvgIpc) is 2.38. The van der Waals surface area contributed by atoms with Crippen LogP contribution in [0, 0.1) is 6.92 Å². The maximum absolute atomic E-state index is 11.5. The maximum Gasteiger partial charge on any atom is 0.220 e. The Balaban J connectivity index is 2.35. The summed E-state index contributed by atoms with van der Waals surface area (Å²) in [6.07, 6.45) is 2.03. The number of nitrogens with one attached hydrogen (secondary N) is 1. The average molecular weight is 264 g/mol. The van der Waals surface area contributed by atoms with Gasteiger partial charge in [-0.2, -0.15) is 0 Å². The molecule has 0 aliphatic carbocycles. The molecule has 0 fully saturated rings. The van der Waals surface area contributed by atoms with Crippen molar-refractivity contribution in [3.63, 3.8) is 0 Å². The quantitative estimate of drug-likeness (QED) is 0.789. The van der Waals surface area contributed by atoms with Gasteiger partial charge < -0.3 is 15.8 Å². The van der Waals surface area contributed by atoms with Crippen LogP contribution in [0.2, 0.25) is 0 Å². The van der Waals surface area contributed by atoms with E-state index in [1.54, 1.807) is 7.11 Å². The first-order valence-electron chi connectivity index (χ1n) is 6.68. The molecule has 1 rings (SSSR count). The van der Waals surface area contributed by atoms with Crippen LogP contribution in [0.25, 0.3) is 0 Å². The summed E-state index contributed by atoms with van der Waals surface area (Å²) < 4.78 is 5.28. The molecular weight excluding hydrogens is 240 g/mol. The smallest absolute Gasteiger partial charge is 0.220 e. The molecule has 1 amide bonds. The number of carbonyl (C=O) groups excluding carboxylic acids is 1. The molecule has 1 aromatic carbocycles. The summed E-state index contributed by atoms with van der Waals surface area (Å²) in [6.45, 7) is 4.56. The van der Waals surface area contributed by atoms with Gasteiger partial charge in [0, 0.05) is 19.0 Å². The van der Waals surface area contributed by atoms with Crippen molar-refractivity contribution in [1.29, 1.82) is 0 Å². The second-order valence-electron chi connectivity index (χ2n) is 4.92. The van der Waals surface area contributed by atoms with Crippen molar-refractivity contribution in [3.8, 4) is 5.75 Å².